The van der Waals surface area contributed by atoms with Gasteiger partial charge in [-0.3, -0.25) is 9.48 Å². The Labute approximate surface area is 121 Å². The highest BCUT2D eigenvalue weighted by atomic mass is 32.1. The fraction of sp³-hybridized carbons (Fsp3) is 0.154. The van der Waals surface area contributed by atoms with Gasteiger partial charge in [0.05, 0.1) is 0 Å². The van der Waals surface area contributed by atoms with Gasteiger partial charge in [-0.25, -0.2) is 0 Å². The Morgan fingerprint density at radius 2 is 2.30 bits per heavy atom. The van der Waals surface area contributed by atoms with E-state index < -0.39 is 0 Å². The van der Waals surface area contributed by atoms with Gasteiger partial charge < -0.3 is 15.8 Å². The normalized spacial score (nSPS) is 10.1. The molecule has 1 aromatic carbocycles. The summed E-state index contributed by atoms with van der Waals surface area (Å²) in [5, 5.41) is 6.72. The molecule has 0 saturated carbocycles. The average Bonchev–Trinajstić information content (AvgIpc) is 2.83. The van der Waals surface area contributed by atoms with Crippen molar-refractivity contribution >= 4 is 28.8 Å². The second-order valence-electron chi connectivity index (χ2n) is 4.08. The molecule has 104 valence electrons. The SMILES string of the molecule is Cn1nccc1C(=O)Nc1cccc(OCC(N)=S)c1. The number of anilines is 1. The second-order valence-corrected chi connectivity index (χ2v) is 4.60. The van der Waals surface area contributed by atoms with Crippen LogP contribution >= 0.6 is 12.2 Å². The van der Waals surface area contributed by atoms with Crippen molar-refractivity contribution in [2.24, 2.45) is 12.8 Å². The standard InChI is InChI=1S/C13H14N4O2S/c1-17-11(5-6-15-17)13(18)16-9-3-2-4-10(7-9)19-8-12(14)20/h2-7H,8H2,1H3,(H2,14,20)(H,16,18). The van der Waals surface area contributed by atoms with Gasteiger partial charge in [0.15, 0.2) is 0 Å². The number of thiocarbonyl (C=S) groups is 1. The van der Waals surface area contributed by atoms with Crippen molar-refractivity contribution in [3.63, 3.8) is 0 Å². The van der Waals surface area contributed by atoms with Crippen molar-refractivity contribution in [3.8, 4) is 5.75 Å². The first kappa shape index (κ1) is 14.0. The molecule has 0 saturated heterocycles. The van der Waals surface area contributed by atoms with Gasteiger partial charge in [-0.2, -0.15) is 5.10 Å². The van der Waals surface area contributed by atoms with Crippen LogP contribution in [0.3, 0.4) is 0 Å². The number of nitrogens with one attached hydrogen (secondary N) is 1. The summed E-state index contributed by atoms with van der Waals surface area (Å²) in [6, 6.07) is 8.64. The van der Waals surface area contributed by atoms with Crippen molar-refractivity contribution in [3.05, 3.63) is 42.2 Å². The maximum atomic E-state index is 12.0. The molecule has 0 aliphatic rings. The number of nitrogens with zero attached hydrogens (tertiary/aromatic N) is 2. The third-order valence-electron chi connectivity index (χ3n) is 2.53. The molecule has 0 aliphatic heterocycles. The molecular formula is C13H14N4O2S. The Morgan fingerprint density at radius 3 is 2.95 bits per heavy atom. The van der Waals surface area contributed by atoms with Crippen molar-refractivity contribution in [1.29, 1.82) is 0 Å². The third-order valence-corrected chi connectivity index (χ3v) is 2.64. The van der Waals surface area contributed by atoms with Crippen LogP contribution in [0.25, 0.3) is 0 Å². The first-order valence-electron chi connectivity index (χ1n) is 5.87. The van der Waals surface area contributed by atoms with Crippen LogP contribution in [0.5, 0.6) is 5.75 Å². The van der Waals surface area contributed by atoms with Gasteiger partial charge in [-0.1, -0.05) is 18.3 Å². The Hall–Kier alpha value is -2.41. The third kappa shape index (κ3) is 3.55. The van der Waals surface area contributed by atoms with Gasteiger partial charge in [-0.05, 0) is 18.2 Å². The summed E-state index contributed by atoms with van der Waals surface area (Å²) in [5.41, 5.74) is 6.46. The van der Waals surface area contributed by atoms with E-state index in [9.17, 15) is 4.79 Å². The van der Waals surface area contributed by atoms with E-state index >= 15 is 0 Å². The maximum absolute atomic E-state index is 12.0. The monoisotopic (exact) mass is 290 g/mol. The van der Waals surface area contributed by atoms with Crippen LogP contribution in [0.1, 0.15) is 10.5 Å². The molecule has 7 heteroatoms. The summed E-state index contributed by atoms with van der Waals surface area (Å²) < 4.78 is 6.87. The zero-order valence-corrected chi connectivity index (χ0v) is 11.7. The van der Waals surface area contributed by atoms with Crippen LogP contribution in [0.15, 0.2) is 36.5 Å². The lowest BCUT2D eigenvalue weighted by molar-refractivity contribution is 0.101. The topological polar surface area (TPSA) is 82.2 Å². The van der Waals surface area contributed by atoms with E-state index in [-0.39, 0.29) is 17.5 Å². The number of amides is 1. The molecule has 0 radical (unpaired) electrons. The fourth-order valence-corrected chi connectivity index (χ4v) is 1.67. The number of hydrogen-bond donors (Lipinski definition) is 2. The van der Waals surface area contributed by atoms with Gasteiger partial charge in [-0.15, -0.1) is 0 Å². The van der Waals surface area contributed by atoms with E-state index in [0.29, 0.717) is 17.1 Å². The summed E-state index contributed by atoms with van der Waals surface area (Å²) in [6.07, 6.45) is 1.57. The van der Waals surface area contributed by atoms with E-state index in [1.165, 1.54) is 4.68 Å². The first-order chi connectivity index (χ1) is 9.56. The highest BCUT2D eigenvalue weighted by molar-refractivity contribution is 7.80. The predicted octanol–water partition coefficient (Wildman–Crippen LogP) is 1.34. The molecule has 2 rings (SSSR count). The van der Waals surface area contributed by atoms with Gasteiger partial charge in [0, 0.05) is 25.0 Å². The molecule has 3 N–H and O–H groups in total. The molecule has 20 heavy (non-hydrogen) atoms. The summed E-state index contributed by atoms with van der Waals surface area (Å²) in [5.74, 6) is 0.345. The fourth-order valence-electron chi connectivity index (χ4n) is 1.61. The lowest BCUT2D eigenvalue weighted by Crippen LogP contribution is -2.18. The lowest BCUT2D eigenvalue weighted by atomic mass is 10.3. The van der Waals surface area contributed by atoms with E-state index in [1.807, 2.05) is 0 Å². The highest BCUT2D eigenvalue weighted by Gasteiger charge is 2.10. The number of aromatic nitrogens is 2. The molecule has 6 nitrogen and oxygen atoms in total. The van der Waals surface area contributed by atoms with Crippen LogP contribution in [-0.2, 0) is 7.05 Å². The average molecular weight is 290 g/mol. The number of rotatable bonds is 5. The summed E-state index contributed by atoms with van der Waals surface area (Å²) in [7, 11) is 1.71. The minimum absolute atomic E-state index is 0.161. The molecular weight excluding hydrogens is 276 g/mol. The zero-order valence-electron chi connectivity index (χ0n) is 10.9. The van der Waals surface area contributed by atoms with Crippen LogP contribution in [0, 0.1) is 0 Å². The summed E-state index contributed by atoms with van der Waals surface area (Å²) >= 11 is 4.74. The largest absolute Gasteiger partial charge is 0.486 e. The zero-order chi connectivity index (χ0) is 14.5. The van der Waals surface area contributed by atoms with Crippen molar-refractivity contribution in [2.75, 3.05) is 11.9 Å². The molecule has 0 bridgehead atoms. The molecule has 1 amide bonds. The van der Waals surface area contributed by atoms with E-state index in [4.69, 9.17) is 22.7 Å². The van der Waals surface area contributed by atoms with Gasteiger partial charge in [0.25, 0.3) is 5.91 Å². The van der Waals surface area contributed by atoms with Gasteiger partial charge >= 0.3 is 0 Å². The summed E-state index contributed by atoms with van der Waals surface area (Å²) in [6.45, 7) is 0.161. The van der Waals surface area contributed by atoms with Crippen LogP contribution in [0.2, 0.25) is 0 Å². The Morgan fingerprint density at radius 1 is 1.50 bits per heavy atom. The van der Waals surface area contributed by atoms with E-state index in [0.717, 1.165) is 0 Å². The maximum Gasteiger partial charge on any atom is 0.273 e. The van der Waals surface area contributed by atoms with Crippen LogP contribution < -0.4 is 15.8 Å². The number of ether oxygens (including phenoxy) is 1. The number of carbonyl (C=O) groups excluding carboxylic acids is 1. The molecule has 0 spiro atoms. The van der Waals surface area contributed by atoms with Gasteiger partial charge in [0.2, 0.25) is 0 Å². The van der Waals surface area contributed by atoms with E-state index in [2.05, 4.69) is 10.4 Å². The van der Waals surface area contributed by atoms with Crippen molar-refractivity contribution in [1.82, 2.24) is 9.78 Å². The minimum atomic E-state index is -0.239. The number of carbonyl (C=O) groups is 1. The number of hydrogen-bond acceptors (Lipinski definition) is 4. The van der Waals surface area contributed by atoms with Crippen molar-refractivity contribution < 1.29 is 9.53 Å². The predicted molar refractivity (Wildman–Crippen MR) is 79.9 cm³/mol. The Bertz CT molecular complexity index is 639. The van der Waals surface area contributed by atoms with Crippen LogP contribution in [0.4, 0.5) is 5.69 Å². The minimum Gasteiger partial charge on any atom is -0.486 e. The Balaban J connectivity index is 2.06. The van der Waals surface area contributed by atoms with E-state index in [1.54, 1.807) is 43.6 Å². The molecule has 0 fully saturated rings. The first-order valence-corrected chi connectivity index (χ1v) is 6.27. The quantitative estimate of drug-likeness (QED) is 0.812. The number of benzene rings is 1. The highest BCUT2D eigenvalue weighted by Crippen LogP contribution is 2.18. The molecule has 0 aliphatic carbocycles. The van der Waals surface area contributed by atoms with Crippen molar-refractivity contribution in [2.45, 2.75) is 0 Å². The molecule has 0 atom stereocenters. The molecule has 2 aromatic rings. The summed E-state index contributed by atoms with van der Waals surface area (Å²) in [4.78, 5) is 12.3. The molecule has 1 heterocycles. The smallest absolute Gasteiger partial charge is 0.273 e. The van der Waals surface area contributed by atoms with Gasteiger partial charge in [0.1, 0.15) is 23.0 Å². The number of aryl methyl sites for hydroxylation is 1. The second kappa shape index (κ2) is 6.16. The lowest BCUT2D eigenvalue weighted by Gasteiger charge is -2.08. The van der Waals surface area contributed by atoms with Crippen LogP contribution in [-0.4, -0.2) is 27.3 Å². The number of nitrogens with two attached hydrogens (primary N) is 1. The molecule has 1 aromatic heterocycles. The molecule has 0 unspecified atom stereocenters. The Kier molecular flexibility index (Phi) is 4.31.